The number of aliphatic carboxylic acids is 2. The number of hydrogen-bond donors (Lipinski definition) is 4. The Morgan fingerprint density at radius 3 is 2.06 bits per heavy atom. The second kappa shape index (κ2) is 10.1. The lowest BCUT2D eigenvalue weighted by atomic mass is 9.87. The Morgan fingerprint density at radius 2 is 1.58 bits per heavy atom. The van der Waals surface area contributed by atoms with E-state index in [0.29, 0.717) is 11.3 Å². The summed E-state index contributed by atoms with van der Waals surface area (Å²) in [6.45, 7) is 6.27. The van der Waals surface area contributed by atoms with Crippen LogP contribution in [0.2, 0.25) is 0 Å². The molecule has 2 aromatic rings. The molecule has 0 saturated heterocycles. The lowest BCUT2D eigenvalue weighted by molar-refractivity contribution is -0.142. The highest BCUT2D eigenvalue weighted by atomic mass is 31.2. The van der Waals surface area contributed by atoms with Crippen molar-refractivity contribution in [1.82, 2.24) is 0 Å². The summed E-state index contributed by atoms with van der Waals surface area (Å²) >= 11 is 0. The first kappa shape index (κ1) is 24.6. The number of benzene rings is 2. The highest BCUT2D eigenvalue weighted by Gasteiger charge is 2.37. The van der Waals surface area contributed by atoms with Crippen molar-refractivity contribution in [1.29, 1.82) is 0 Å². The lowest BCUT2D eigenvalue weighted by Crippen LogP contribution is -2.23. The van der Waals surface area contributed by atoms with Gasteiger partial charge < -0.3 is 20.4 Å². The van der Waals surface area contributed by atoms with Crippen LogP contribution in [-0.4, -0.2) is 33.2 Å². The van der Waals surface area contributed by atoms with Crippen LogP contribution in [-0.2, 0) is 19.6 Å². The first-order valence-electron chi connectivity index (χ1n) is 10.1. The molecule has 0 aliphatic carbocycles. The monoisotopic (exact) mass is 447 g/mol. The summed E-state index contributed by atoms with van der Waals surface area (Å²) in [6.07, 6.45) is -1.12. The first-order chi connectivity index (χ1) is 14.4. The standard InChI is InChI=1S/C23H30NO6P/c1-23(2,3)18-10-12-19(13-11-18)24-21(16-7-5-4-6-8-16)31(29,30)15-17(22(27)28)9-14-20(25)26/h4-8,10-13,17,21,24H,9,14-15H2,1-3H3,(H,25,26)(H,27,28)(H,29,30). The first-order valence-corrected chi connectivity index (χ1v) is 12.0. The van der Waals surface area contributed by atoms with Gasteiger partial charge in [0.1, 0.15) is 5.78 Å². The number of carboxylic acid groups (broad SMARTS) is 2. The van der Waals surface area contributed by atoms with Crippen molar-refractivity contribution in [2.75, 3.05) is 11.5 Å². The van der Waals surface area contributed by atoms with Crippen LogP contribution in [0.25, 0.3) is 0 Å². The van der Waals surface area contributed by atoms with Gasteiger partial charge in [-0.15, -0.1) is 0 Å². The zero-order chi connectivity index (χ0) is 23.2. The molecule has 8 heteroatoms. The highest BCUT2D eigenvalue weighted by Crippen LogP contribution is 2.57. The molecule has 31 heavy (non-hydrogen) atoms. The van der Waals surface area contributed by atoms with Crippen molar-refractivity contribution in [2.45, 2.75) is 44.8 Å². The van der Waals surface area contributed by atoms with E-state index in [0.717, 1.165) is 5.56 Å². The molecule has 0 amide bonds. The zero-order valence-electron chi connectivity index (χ0n) is 18.0. The third-order valence-electron chi connectivity index (χ3n) is 5.11. The molecule has 7 nitrogen and oxygen atoms in total. The van der Waals surface area contributed by atoms with Gasteiger partial charge in [0.15, 0.2) is 0 Å². The van der Waals surface area contributed by atoms with E-state index in [9.17, 15) is 24.2 Å². The quantitative estimate of drug-likeness (QED) is 0.381. The van der Waals surface area contributed by atoms with E-state index < -0.39 is 37.2 Å². The predicted molar refractivity (Wildman–Crippen MR) is 121 cm³/mol. The third-order valence-corrected chi connectivity index (χ3v) is 7.31. The molecule has 0 aromatic heterocycles. The van der Waals surface area contributed by atoms with E-state index in [1.54, 1.807) is 30.3 Å². The van der Waals surface area contributed by atoms with Crippen LogP contribution in [0.15, 0.2) is 54.6 Å². The second-order valence-electron chi connectivity index (χ2n) is 8.69. The van der Waals surface area contributed by atoms with Crippen molar-refractivity contribution in [3.63, 3.8) is 0 Å². The molecule has 0 radical (unpaired) electrons. The fourth-order valence-electron chi connectivity index (χ4n) is 3.29. The molecule has 0 bridgehead atoms. The van der Waals surface area contributed by atoms with Gasteiger partial charge in [0, 0.05) is 18.3 Å². The fraction of sp³-hybridized carbons (Fsp3) is 0.391. The van der Waals surface area contributed by atoms with Crippen LogP contribution in [0.3, 0.4) is 0 Å². The molecule has 0 heterocycles. The summed E-state index contributed by atoms with van der Waals surface area (Å²) in [5.74, 6) is -4.68. The topological polar surface area (TPSA) is 124 Å². The lowest BCUT2D eigenvalue weighted by Gasteiger charge is -2.28. The highest BCUT2D eigenvalue weighted by molar-refractivity contribution is 7.58. The van der Waals surface area contributed by atoms with Gasteiger partial charge in [-0.3, -0.25) is 14.2 Å². The van der Waals surface area contributed by atoms with Gasteiger partial charge in [0.25, 0.3) is 0 Å². The van der Waals surface area contributed by atoms with Gasteiger partial charge in [-0.1, -0.05) is 63.2 Å². The summed E-state index contributed by atoms with van der Waals surface area (Å²) in [4.78, 5) is 33.4. The Balaban J connectivity index is 2.33. The predicted octanol–water partition coefficient (Wildman–Crippen LogP) is 4.93. The van der Waals surface area contributed by atoms with E-state index in [-0.39, 0.29) is 18.3 Å². The summed E-state index contributed by atoms with van der Waals surface area (Å²) in [6, 6.07) is 16.2. The maximum atomic E-state index is 13.4. The largest absolute Gasteiger partial charge is 0.481 e. The van der Waals surface area contributed by atoms with Crippen LogP contribution in [0.5, 0.6) is 0 Å². The Morgan fingerprint density at radius 1 is 1.00 bits per heavy atom. The van der Waals surface area contributed by atoms with Crippen molar-refractivity contribution in [2.24, 2.45) is 5.92 Å². The van der Waals surface area contributed by atoms with Gasteiger partial charge in [-0.25, -0.2) is 0 Å². The van der Waals surface area contributed by atoms with E-state index in [1.807, 2.05) is 24.3 Å². The van der Waals surface area contributed by atoms with Crippen LogP contribution < -0.4 is 5.32 Å². The number of hydrogen-bond acceptors (Lipinski definition) is 4. The maximum Gasteiger partial charge on any atom is 0.307 e. The minimum atomic E-state index is -4.09. The molecular weight excluding hydrogens is 417 g/mol. The summed E-state index contributed by atoms with van der Waals surface area (Å²) in [5, 5.41) is 21.4. The molecule has 2 aromatic carbocycles. The van der Waals surface area contributed by atoms with Gasteiger partial charge in [0.2, 0.25) is 7.37 Å². The Kier molecular flexibility index (Phi) is 8.04. The van der Waals surface area contributed by atoms with Gasteiger partial charge >= 0.3 is 11.9 Å². The van der Waals surface area contributed by atoms with E-state index in [2.05, 4.69) is 26.1 Å². The second-order valence-corrected chi connectivity index (χ2v) is 11.1. The molecule has 0 aliphatic heterocycles. The summed E-state index contributed by atoms with van der Waals surface area (Å²) in [7, 11) is -4.09. The van der Waals surface area contributed by atoms with Crippen LogP contribution >= 0.6 is 7.37 Å². The average molecular weight is 447 g/mol. The van der Waals surface area contributed by atoms with Gasteiger partial charge in [-0.05, 0) is 35.1 Å². The Hall–Kier alpha value is -2.63. The molecule has 2 rings (SSSR count). The minimum absolute atomic E-state index is 0.0392. The fourth-order valence-corrected chi connectivity index (χ4v) is 5.46. The van der Waals surface area contributed by atoms with Crippen molar-refractivity contribution >= 4 is 25.0 Å². The SMILES string of the molecule is CC(C)(C)c1ccc(NC(c2ccccc2)P(=O)(O)CC(CCC(=O)O)C(=O)O)cc1. The van der Waals surface area contributed by atoms with Crippen molar-refractivity contribution in [3.8, 4) is 0 Å². The molecule has 0 saturated carbocycles. The molecule has 0 fully saturated rings. The smallest absolute Gasteiger partial charge is 0.307 e. The number of carboxylic acids is 2. The van der Waals surface area contributed by atoms with Crippen LogP contribution in [0.1, 0.15) is 50.5 Å². The van der Waals surface area contributed by atoms with Crippen molar-refractivity contribution < 1.29 is 29.3 Å². The molecule has 3 unspecified atom stereocenters. The molecule has 0 aliphatic rings. The third kappa shape index (κ3) is 7.23. The van der Waals surface area contributed by atoms with Crippen LogP contribution in [0, 0.1) is 5.92 Å². The average Bonchev–Trinajstić information content (AvgIpc) is 2.69. The molecule has 168 valence electrons. The number of rotatable bonds is 10. The van der Waals surface area contributed by atoms with E-state index >= 15 is 0 Å². The number of nitrogens with one attached hydrogen (secondary N) is 1. The normalized spacial score (nSPS) is 15.5. The van der Waals surface area contributed by atoms with Gasteiger partial charge in [0.05, 0.1) is 5.92 Å². The molecule has 4 N–H and O–H groups in total. The molecular formula is C23H30NO6P. The summed E-state index contributed by atoms with van der Waals surface area (Å²) in [5.41, 5.74) is 2.26. The molecule has 0 spiro atoms. The van der Waals surface area contributed by atoms with Gasteiger partial charge in [-0.2, -0.15) is 0 Å². The zero-order valence-corrected chi connectivity index (χ0v) is 18.9. The number of carbonyl (C=O) groups is 2. The van der Waals surface area contributed by atoms with Crippen molar-refractivity contribution in [3.05, 3.63) is 65.7 Å². The minimum Gasteiger partial charge on any atom is -0.481 e. The van der Waals surface area contributed by atoms with Crippen LogP contribution in [0.4, 0.5) is 5.69 Å². The summed E-state index contributed by atoms with van der Waals surface area (Å²) < 4.78 is 13.4. The van der Waals surface area contributed by atoms with E-state index in [4.69, 9.17) is 5.11 Å². The molecule has 3 atom stereocenters. The maximum absolute atomic E-state index is 13.4. The van der Waals surface area contributed by atoms with E-state index in [1.165, 1.54) is 0 Å². The Bertz CT molecular complexity index is 937. The number of anilines is 1. The Labute approximate surface area is 182 Å².